The molecule has 0 bridgehead atoms. The highest BCUT2D eigenvalue weighted by atomic mass is 31.2. The first-order valence-corrected chi connectivity index (χ1v) is 12.8. The van der Waals surface area contributed by atoms with Crippen molar-refractivity contribution in [3.63, 3.8) is 0 Å². The van der Waals surface area contributed by atoms with Crippen LogP contribution in [0.4, 0.5) is 0 Å². The molecule has 1 aromatic rings. The fourth-order valence-corrected chi connectivity index (χ4v) is 5.08. The molecule has 12 heteroatoms. The molecule has 0 aromatic heterocycles. The molecule has 0 radical (unpaired) electrons. The topological polar surface area (TPSA) is 136 Å². The second-order valence-electron chi connectivity index (χ2n) is 8.61. The van der Waals surface area contributed by atoms with E-state index < -0.39 is 44.1 Å². The van der Waals surface area contributed by atoms with Crippen molar-refractivity contribution in [2.24, 2.45) is 5.92 Å². The molecule has 1 amide bonds. The zero-order valence-electron chi connectivity index (χ0n) is 20.1. The maximum Gasteiger partial charge on any atom is 0.459 e. The van der Waals surface area contributed by atoms with Crippen molar-refractivity contribution in [3.05, 3.63) is 55.0 Å². The van der Waals surface area contributed by atoms with Crippen LogP contribution in [0.1, 0.15) is 27.7 Å². The van der Waals surface area contributed by atoms with E-state index >= 15 is 0 Å². The average Bonchev–Trinajstić information content (AvgIpc) is 3.06. The van der Waals surface area contributed by atoms with Crippen LogP contribution in [-0.4, -0.2) is 59.1 Å². The zero-order chi connectivity index (χ0) is 25.8. The SMILES string of the molecule is C=C1NC(=O)C=CN1[C@@H]1O[C@H](CO[P@](=O)(N[C@H](C)C(=O)OC(C)C)Oc2ccccc2)[C@@H](O)[C@@H]1C. The van der Waals surface area contributed by atoms with E-state index in [1.54, 1.807) is 56.0 Å². The number of benzene rings is 1. The summed E-state index contributed by atoms with van der Waals surface area (Å²) in [5.74, 6) is -0.767. The molecule has 0 spiro atoms. The first-order chi connectivity index (χ1) is 16.5. The van der Waals surface area contributed by atoms with Crippen LogP contribution >= 0.6 is 7.75 Å². The van der Waals surface area contributed by atoms with E-state index in [4.69, 9.17) is 18.5 Å². The number of esters is 1. The van der Waals surface area contributed by atoms with Gasteiger partial charge in [0.05, 0.1) is 18.8 Å². The lowest BCUT2D eigenvalue weighted by molar-refractivity contribution is -0.149. The summed E-state index contributed by atoms with van der Waals surface area (Å²) < 4.78 is 36.0. The Balaban J connectivity index is 1.72. The number of rotatable bonds is 10. The molecule has 0 saturated carbocycles. The van der Waals surface area contributed by atoms with Gasteiger partial charge in [-0.2, -0.15) is 5.09 Å². The van der Waals surface area contributed by atoms with E-state index in [-0.39, 0.29) is 24.4 Å². The minimum absolute atomic E-state index is 0.261. The molecule has 2 aliphatic rings. The van der Waals surface area contributed by atoms with Gasteiger partial charge in [-0.15, -0.1) is 0 Å². The third-order valence-electron chi connectivity index (χ3n) is 5.36. The zero-order valence-corrected chi connectivity index (χ0v) is 21.0. The van der Waals surface area contributed by atoms with Crippen molar-refractivity contribution in [1.82, 2.24) is 15.3 Å². The third-order valence-corrected chi connectivity index (χ3v) is 7.00. The average molecular weight is 509 g/mol. The molecule has 1 fully saturated rings. The van der Waals surface area contributed by atoms with Crippen molar-refractivity contribution < 1.29 is 37.8 Å². The van der Waals surface area contributed by atoms with Crippen LogP contribution in [0.2, 0.25) is 0 Å². The minimum atomic E-state index is -4.11. The second-order valence-corrected chi connectivity index (χ2v) is 10.3. The van der Waals surface area contributed by atoms with Crippen molar-refractivity contribution >= 4 is 19.6 Å². The third kappa shape index (κ3) is 6.93. The van der Waals surface area contributed by atoms with E-state index in [1.165, 1.54) is 19.2 Å². The predicted molar refractivity (Wildman–Crippen MR) is 127 cm³/mol. The summed E-state index contributed by atoms with van der Waals surface area (Å²) in [5, 5.41) is 15.9. The highest BCUT2D eigenvalue weighted by Gasteiger charge is 2.46. The molecule has 3 rings (SSSR count). The summed E-state index contributed by atoms with van der Waals surface area (Å²) in [6.45, 7) is 10.2. The Morgan fingerprint density at radius 1 is 1.31 bits per heavy atom. The molecule has 2 aliphatic heterocycles. The number of amides is 1. The summed E-state index contributed by atoms with van der Waals surface area (Å²) in [6, 6.07) is 7.35. The molecule has 1 aromatic carbocycles. The van der Waals surface area contributed by atoms with Crippen molar-refractivity contribution in [3.8, 4) is 5.75 Å². The molecule has 192 valence electrons. The highest BCUT2D eigenvalue weighted by Crippen LogP contribution is 2.46. The Kier molecular flexibility index (Phi) is 8.74. The maximum atomic E-state index is 13.6. The first-order valence-electron chi connectivity index (χ1n) is 11.3. The van der Waals surface area contributed by atoms with E-state index in [1.807, 2.05) is 0 Å². The number of aliphatic hydroxyl groups excluding tert-OH is 1. The van der Waals surface area contributed by atoms with Crippen LogP contribution in [-0.2, 0) is 28.2 Å². The van der Waals surface area contributed by atoms with Crippen molar-refractivity contribution in [2.45, 2.75) is 58.3 Å². The van der Waals surface area contributed by atoms with Gasteiger partial charge in [0.2, 0.25) is 0 Å². The number of hydrogen-bond donors (Lipinski definition) is 3. The van der Waals surface area contributed by atoms with Gasteiger partial charge in [-0.3, -0.25) is 14.1 Å². The Labute approximate surface area is 204 Å². The molecule has 11 nitrogen and oxygen atoms in total. The van der Waals surface area contributed by atoms with E-state index in [2.05, 4.69) is 17.0 Å². The van der Waals surface area contributed by atoms with Gasteiger partial charge in [-0.1, -0.05) is 31.7 Å². The lowest BCUT2D eigenvalue weighted by Crippen LogP contribution is -2.43. The summed E-state index contributed by atoms with van der Waals surface area (Å²) in [6.07, 6.45) is -0.0137. The number of ether oxygens (including phenoxy) is 2. The number of nitrogens with zero attached hydrogens (tertiary/aromatic N) is 1. The Hall–Kier alpha value is -2.69. The molecule has 3 N–H and O–H groups in total. The smallest absolute Gasteiger partial charge is 0.459 e. The van der Waals surface area contributed by atoms with Crippen LogP contribution in [0.15, 0.2) is 55.0 Å². The summed E-state index contributed by atoms with van der Waals surface area (Å²) in [5.41, 5.74) is 0. The van der Waals surface area contributed by atoms with Gasteiger partial charge in [0.1, 0.15) is 29.9 Å². The van der Waals surface area contributed by atoms with Gasteiger partial charge in [0.15, 0.2) is 0 Å². The van der Waals surface area contributed by atoms with E-state index in [9.17, 15) is 19.3 Å². The normalized spacial score (nSPS) is 26.9. The second kappa shape index (κ2) is 11.4. The number of carbonyl (C=O) groups is 2. The molecule has 2 heterocycles. The Bertz CT molecular complexity index is 1000. The standard InChI is InChI=1S/C23H32N3O8P/c1-14(2)32-23(29)16(4)25-35(30,34-18-9-7-6-8-10-18)31-13-19-21(28)15(3)22(33-19)26-12-11-20(27)24-17(26)5/h6-12,14-16,19,21-22,28H,5,13H2,1-4H3,(H,24,27)(H,25,30)/t15-,16+,19+,21-,22+,35+/m0/s1. The fourth-order valence-electron chi connectivity index (χ4n) is 3.58. The van der Waals surface area contributed by atoms with Crippen molar-refractivity contribution in [2.75, 3.05) is 6.61 Å². The van der Waals surface area contributed by atoms with E-state index in [0.717, 1.165) is 0 Å². The lowest BCUT2D eigenvalue weighted by atomic mass is 10.0. The molecular weight excluding hydrogens is 477 g/mol. The van der Waals surface area contributed by atoms with Gasteiger partial charge in [0.25, 0.3) is 5.91 Å². The monoisotopic (exact) mass is 509 g/mol. The number of aliphatic hydroxyl groups is 1. The predicted octanol–water partition coefficient (Wildman–Crippen LogP) is 2.26. The number of hydrogen-bond acceptors (Lipinski definition) is 9. The molecule has 35 heavy (non-hydrogen) atoms. The molecule has 0 unspecified atom stereocenters. The largest absolute Gasteiger partial charge is 0.462 e. The number of nitrogens with one attached hydrogen (secondary N) is 2. The highest BCUT2D eigenvalue weighted by molar-refractivity contribution is 7.52. The van der Waals surface area contributed by atoms with Crippen LogP contribution in [0.25, 0.3) is 0 Å². The van der Waals surface area contributed by atoms with E-state index in [0.29, 0.717) is 5.82 Å². The number of carbonyl (C=O) groups excluding carboxylic acids is 2. The van der Waals surface area contributed by atoms with Crippen LogP contribution < -0.4 is 14.9 Å². The molecule has 0 aliphatic carbocycles. The summed E-state index contributed by atoms with van der Waals surface area (Å²) >= 11 is 0. The number of para-hydroxylation sites is 1. The van der Waals surface area contributed by atoms with Gasteiger partial charge >= 0.3 is 13.7 Å². The van der Waals surface area contributed by atoms with Crippen LogP contribution in [0.5, 0.6) is 5.75 Å². The van der Waals surface area contributed by atoms with Crippen LogP contribution in [0.3, 0.4) is 0 Å². The molecule has 1 saturated heterocycles. The molecular formula is C23H32N3O8P. The van der Waals surface area contributed by atoms with Gasteiger partial charge < -0.3 is 29.3 Å². The fraction of sp³-hybridized carbons (Fsp3) is 0.478. The van der Waals surface area contributed by atoms with Crippen LogP contribution in [0, 0.1) is 5.92 Å². The quantitative estimate of drug-likeness (QED) is 0.318. The minimum Gasteiger partial charge on any atom is -0.462 e. The maximum absolute atomic E-state index is 13.6. The summed E-state index contributed by atoms with van der Waals surface area (Å²) in [4.78, 5) is 25.4. The first kappa shape index (κ1) is 26.9. The van der Waals surface area contributed by atoms with Crippen molar-refractivity contribution in [1.29, 1.82) is 0 Å². The van der Waals surface area contributed by atoms with Gasteiger partial charge in [0, 0.05) is 18.2 Å². The Morgan fingerprint density at radius 2 is 2.00 bits per heavy atom. The Morgan fingerprint density at radius 3 is 2.63 bits per heavy atom. The summed E-state index contributed by atoms with van der Waals surface area (Å²) in [7, 11) is -4.11. The van der Waals surface area contributed by atoms with Gasteiger partial charge in [-0.05, 0) is 32.9 Å². The lowest BCUT2D eigenvalue weighted by Gasteiger charge is -2.33. The molecule has 6 atom stereocenters. The van der Waals surface area contributed by atoms with Gasteiger partial charge in [-0.25, -0.2) is 4.57 Å².